The summed E-state index contributed by atoms with van der Waals surface area (Å²) in [6.07, 6.45) is 4.96. The molecule has 16 heterocycles. The Bertz CT molecular complexity index is 5010. The van der Waals surface area contributed by atoms with Gasteiger partial charge in [-0.1, -0.05) is 114 Å². The number of hydrogen-bond acceptors (Lipinski definition) is 34. The van der Waals surface area contributed by atoms with Crippen LogP contribution >= 0.6 is 0 Å². The number of carbonyl (C=O) groups is 3. The van der Waals surface area contributed by atoms with E-state index in [1.54, 1.807) is 0 Å². The molecule has 34 nitrogen and oxygen atoms in total. The van der Waals surface area contributed by atoms with Crippen LogP contribution in [-0.2, 0) is 151 Å². The Balaban J connectivity index is 0.0000000972. The molecule has 4 aromatic rings. The van der Waals surface area contributed by atoms with Gasteiger partial charge in [0, 0.05) is 138 Å². The van der Waals surface area contributed by atoms with Crippen LogP contribution in [0.2, 0.25) is 0 Å². The number of benzene rings is 4. The molecule has 24 aliphatic rings. The molecule has 0 unspecified atom stereocenters. The topological polar surface area (TPSA) is 392 Å². The van der Waals surface area contributed by atoms with Gasteiger partial charge in [-0.15, -0.1) is 0 Å². The Morgan fingerprint density at radius 2 is 0.423 bits per heavy atom. The van der Waals surface area contributed by atoms with E-state index in [-0.39, 0.29) is 192 Å². The van der Waals surface area contributed by atoms with Crippen LogP contribution in [0.5, 0.6) is 0 Å². The predicted octanol–water partition coefficient (Wildman–Crippen LogP) is 13.0. The highest BCUT2D eigenvalue weighted by atomic mass is 16.9. The van der Waals surface area contributed by atoms with Crippen molar-refractivity contribution >= 4 is 38.9 Å². The van der Waals surface area contributed by atoms with Crippen LogP contribution in [0, 0.1) is 35.5 Å². The highest BCUT2D eigenvalue weighted by molar-refractivity contribution is 5.89. The first-order chi connectivity index (χ1) is 66.4. The lowest BCUT2D eigenvalue weighted by Gasteiger charge is -2.46. The fourth-order valence-electron chi connectivity index (χ4n) is 26.6. The maximum atomic E-state index is 11.7. The Morgan fingerprint density at radius 1 is 0.232 bits per heavy atom. The first-order valence-electron chi connectivity index (χ1n) is 51.8. The zero-order valence-corrected chi connectivity index (χ0v) is 86.1. The van der Waals surface area contributed by atoms with Crippen molar-refractivity contribution in [2.45, 2.75) is 501 Å². The second-order valence-corrected chi connectivity index (χ2v) is 48.8. The van der Waals surface area contributed by atoms with Crippen molar-refractivity contribution in [1.29, 1.82) is 0 Å². The summed E-state index contributed by atoms with van der Waals surface area (Å²) in [5, 5.41) is 52.2. The molecule has 4 aromatic carbocycles. The summed E-state index contributed by atoms with van der Waals surface area (Å²) in [5.74, 6) is -2.20. The van der Waals surface area contributed by atoms with E-state index in [0.29, 0.717) is 140 Å². The summed E-state index contributed by atoms with van der Waals surface area (Å²) in [7, 11) is 0. The quantitative estimate of drug-likeness (QED) is 0.120. The number of ether oxygens (including phenoxy) is 26. The highest BCUT2D eigenvalue weighted by Crippen LogP contribution is 2.62. The minimum Gasteiger partial charge on any atom is -0.393 e. The number of rotatable bonds is 6. The molecule has 16 saturated heterocycles. The number of hydrogen-bond donors (Lipinski definition) is 5. The van der Waals surface area contributed by atoms with Crippen molar-refractivity contribution in [3.8, 4) is 0 Å². The third-order valence-corrected chi connectivity index (χ3v) is 34.4. The number of carbonyl (C=O) groups excluding carboxylic acids is 3. The molecule has 8 aliphatic carbocycles. The van der Waals surface area contributed by atoms with Crippen LogP contribution in [-0.4, -0.2) is 276 Å². The van der Waals surface area contributed by atoms with E-state index in [1.807, 2.05) is 135 Å². The maximum Gasteiger partial charge on any atom is 0.190 e. The molecule has 16 aliphatic heterocycles. The average molecular weight is 1990 g/mol. The van der Waals surface area contributed by atoms with Crippen molar-refractivity contribution < 1.29 is 163 Å². The third kappa shape index (κ3) is 19.1. The van der Waals surface area contributed by atoms with Crippen LogP contribution < -0.4 is 0 Å². The van der Waals surface area contributed by atoms with Crippen molar-refractivity contribution in [3.63, 3.8) is 0 Å². The lowest BCUT2D eigenvalue weighted by atomic mass is 9.69. The van der Waals surface area contributed by atoms with Gasteiger partial charge in [0.05, 0.1) is 77.3 Å². The molecule has 786 valence electrons. The summed E-state index contributed by atoms with van der Waals surface area (Å²) < 4.78 is 153. The smallest absolute Gasteiger partial charge is 0.190 e. The van der Waals surface area contributed by atoms with Crippen LogP contribution in [0.15, 0.2) is 84.9 Å². The van der Waals surface area contributed by atoms with Gasteiger partial charge < -0.3 is 149 Å². The van der Waals surface area contributed by atoms with Gasteiger partial charge in [0.1, 0.15) is 89.6 Å². The Morgan fingerprint density at radius 3 is 0.662 bits per heavy atom. The van der Waals surface area contributed by atoms with E-state index in [4.69, 9.17) is 123 Å². The molecule has 24 fully saturated rings. The highest BCUT2D eigenvalue weighted by Gasteiger charge is 2.73. The van der Waals surface area contributed by atoms with Gasteiger partial charge >= 0.3 is 0 Å². The van der Waals surface area contributed by atoms with Crippen molar-refractivity contribution in [3.05, 3.63) is 96.1 Å². The average Bonchev–Trinajstić information content (AvgIpc) is 1.53. The lowest BCUT2D eigenvalue weighted by molar-refractivity contribution is -0.275. The zero-order chi connectivity index (χ0) is 101. The van der Waals surface area contributed by atoms with Crippen LogP contribution in [0.1, 0.15) is 266 Å². The number of ketones is 3. The Labute approximate surface area is 830 Å². The molecule has 0 aromatic heterocycles. The largest absolute Gasteiger partial charge is 0.393 e. The molecule has 142 heavy (non-hydrogen) atoms. The van der Waals surface area contributed by atoms with Crippen LogP contribution in [0.4, 0.5) is 0 Å². The predicted molar refractivity (Wildman–Crippen MR) is 500 cm³/mol. The van der Waals surface area contributed by atoms with Gasteiger partial charge in [0.2, 0.25) is 0 Å². The molecule has 24 atom stereocenters. The van der Waals surface area contributed by atoms with Crippen molar-refractivity contribution in [2.24, 2.45) is 35.5 Å². The van der Waals surface area contributed by atoms with Gasteiger partial charge in [-0.25, -0.2) is 0 Å². The normalized spacial score (nSPS) is 46.3. The van der Waals surface area contributed by atoms with E-state index < -0.39 is 70.1 Å². The summed E-state index contributed by atoms with van der Waals surface area (Å²) in [4.78, 5) is 33.8. The molecule has 8 spiro atoms. The van der Waals surface area contributed by atoms with E-state index in [0.717, 1.165) is 11.1 Å². The molecule has 8 saturated carbocycles. The summed E-state index contributed by atoms with van der Waals surface area (Å²) in [6.45, 7) is 43.9. The maximum absolute atomic E-state index is 11.7. The van der Waals surface area contributed by atoms with Gasteiger partial charge in [-0.05, 0) is 156 Å². The molecule has 5 N–H and O–H groups in total. The molecule has 0 bridgehead atoms. The minimum absolute atomic E-state index is 0.0203. The second kappa shape index (κ2) is 35.9. The monoisotopic (exact) mass is 1990 g/mol. The summed E-state index contributed by atoms with van der Waals surface area (Å²) in [6, 6.07) is 29.2. The molecule has 34 heteroatoms. The Kier molecular flexibility index (Phi) is 26.0. The zero-order valence-electron chi connectivity index (χ0n) is 86.1. The fraction of sp³-hybridized carbons (Fsp3) is 0.787. The van der Waals surface area contributed by atoms with Gasteiger partial charge in [-0.3, -0.25) is 14.4 Å². The van der Waals surface area contributed by atoms with Gasteiger partial charge in [0.25, 0.3) is 0 Å². The van der Waals surface area contributed by atoms with E-state index in [2.05, 4.69) is 102 Å². The molecule has 28 rings (SSSR count). The molecule has 0 amide bonds. The third-order valence-electron chi connectivity index (χ3n) is 34.4. The fourth-order valence-corrected chi connectivity index (χ4v) is 26.6. The number of Topliss-reactive ketones (excluding diaryl/α,β-unsaturated/α-hetero) is 3. The van der Waals surface area contributed by atoms with Crippen molar-refractivity contribution in [1.82, 2.24) is 0 Å². The van der Waals surface area contributed by atoms with E-state index in [1.165, 1.54) is 21.5 Å². The number of fused-ring (bicyclic) bond motifs is 10. The SMILES string of the molecule is CC1(C)O[C@H]2OC3(CC(=O)C3)[C@@H](OCc3ccc4ccccc4c3)[C@H]2O1.CC1(C)O[C@H]2OC3(CC(O)C3)[C@@H](OCc3ccc4ccccc4c3)[C@H]2O1.C[C@@H]1[C@H]2OC(C)(C)O[C@H]2OC12CC(=O)C2.C[C@@H]1[C@H]2OC(C)(C)O[C@H]2OC12CC(=O)C2.C[C@@H]1[C@H]2OC(C)(C)O[C@H]2OC12CC(O)C2.C[C@@H]1[C@H]2OC(C)(C)O[C@H]2OC12CC(O)C2.C[C@@H]1[C@H]2OC(C)(C)O[C@H]2OC12CC(O)C2.C[C@@H]1[C@H]2OC(C)(C)O[C@H]2OC12CC(O)C2. The Hall–Kier alpha value is -4.83. The number of aliphatic hydroxyl groups is 5. The molecular weight excluding hydrogens is 1840 g/mol. The summed E-state index contributed by atoms with van der Waals surface area (Å²) in [5.41, 5.74) is -0.229. The van der Waals surface area contributed by atoms with E-state index in [9.17, 15) is 39.9 Å². The molecular formula is C108H150O34. The summed E-state index contributed by atoms with van der Waals surface area (Å²) >= 11 is 0. The standard InChI is InChI=1S/C21H24O5.C21H22O5.4C11H18O4.2C11H16O4/c2*1-20(2)24-17-18(21(10-16(22)11-21)26-19(17)25-20)23-12-13-7-8-14-5-3-4-6-15(14)9-13;6*1-6-8-9(14-10(2,3)13-8)15-11(6)4-7(12)5-11/h3-9,16-19,22H,10-12H2,1-2H3;3-9,17-19H,10-12H2,1-2H3;4*6-9,12H,4-5H2,1-3H3;2*6,8-9H,4-5H2,1-3H3/t16?,17-,18+,19+,21?;17-,18+,19+;4*6-,7?,8-,9+,11?;2*6-,8-,9+/m11111111/s1. The van der Waals surface area contributed by atoms with Crippen LogP contribution in [0.25, 0.3) is 21.5 Å². The first-order valence-corrected chi connectivity index (χ1v) is 51.8. The number of aliphatic hydroxyl groups excluding tert-OH is 5. The van der Waals surface area contributed by atoms with Crippen molar-refractivity contribution in [2.75, 3.05) is 0 Å². The van der Waals surface area contributed by atoms with E-state index >= 15 is 0 Å². The second-order valence-electron chi connectivity index (χ2n) is 48.8. The van der Waals surface area contributed by atoms with Crippen LogP contribution in [0.3, 0.4) is 0 Å². The molecule has 0 radical (unpaired) electrons. The first kappa shape index (κ1) is 103. The lowest BCUT2D eigenvalue weighted by Crippen LogP contribution is -2.57. The minimum atomic E-state index is -0.699. The van der Waals surface area contributed by atoms with Gasteiger partial charge in [0.15, 0.2) is 96.6 Å². The van der Waals surface area contributed by atoms with Gasteiger partial charge in [-0.2, -0.15) is 0 Å².